The summed E-state index contributed by atoms with van der Waals surface area (Å²) in [6, 6.07) is 3.16. The molecule has 1 aromatic carbocycles. The van der Waals surface area contributed by atoms with Crippen LogP contribution in [-0.4, -0.2) is 46.1 Å². The zero-order valence-electron chi connectivity index (χ0n) is 13.4. The van der Waals surface area contributed by atoms with E-state index in [-0.39, 0.29) is 11.2 Å². The average Bonchev–Trinajstić information content (AvgIpc) is 2.99. The monoisotopic (exact) mass is 407 g/mol. The molecule has 0 radical (unpaired) electrons. The molecule has 1 saturated heterocycles. The number of rotatable bonds is 2. The molecule has 1 fully saturated rings. The van der Waals surface area contributed by atoms with E-state index < -0.39 is 5.82 Å². The zero-order chi connectivity index (χ0) is 17.6. The molecule has 7 nitrogen and oxygen atoms in total. The van der Waals surface area contributed by atoms with Gasteiger partial charge in [0.1, 0.15) is 16.9 Å². The number of morpholine rings is 1. The molecule has 0 bridgehead atoms. The number of nitrogens with zero attached hydrogens (tertiary/aromatic N) is 4. The maximum atomic E-state index is 14.4. The summed E-state index contributed by atoms with van der Waals surface area (Å²) in [5.41, 5.74) is 0.984. The highest BCUT2D eigenvalue weighted by molar-refractivity contribution is 9.10. The summed E-state index contributed by atoms with van der Waals surface area (Å²) < 4.78 is 21.7. The Bertz CT molecular complexity index is 986. The number of H-pyrrole nitrogens is 1. The first kappa shape index (κ1) is 16.2. The van der Waals surface area contributed by atoms with Crippen molar-refractivity contribution in [2.45, 2.75) is 6.92 Å². The van der Waals surface area contributed by atoms with Gasteiger partial charge in [0.25, 0.3) is 5.56 Å². The van der Waals surface area contributed by atoms with E-state index in [4.69, 9.17) is 4.74 Å². The predicted octanol–water partition coefficient (Wildman–Crippen LogP) is 2.16. The van der Waals surface area contributed by atoms with Gasteiger partial charge in [-0.25, -0.2) is 9.07 Å². The van der Waals surface area contributed by atoms with Gasteiger partial charge in [0.05, 0.1) is 13.2 Å². The number of hydrogen-bond donors (Lipinski definition) is 1. The van der Waals surface area contributed by atoms with E-state index in [1.165, 1.54) is 16.9 Å². The topological polar surface area (TPSA) is 76.0 Å². The molecule has 3 heterocycles. The van der Waals surface area contributed by atoms with Gasteiger partial charge in [0, 0.05) is 23.8 Å². The van der Waals surface area contributed by atoms with Crippen LogP contribution < -0.4 is 10.5 Å². The molecule has 1 N–H and O–H groups in total. The Morgan fingerprint density at radius 1 is 1.32 bits per heavy atom. The van der Waals surface area contributed by atoms with Gasteiger partial charge in [-0.2, -0.15) is 4.98 Å². The van der Waals surface area contributed by atoms with Crippen molar-refractivity contribution in [1.29, 1.82) is 0 Å². The van der Waals surface area contributed by atoms with Crippen LogP contribution in [0.15, 0.2) is 27.6 Å². The van der Waals surface area contributed by atoms with Crippen molar-refractivity contribution in [2.24, 2.45) is 0 Å². The van der Waals surface area contributed by atoms with Crippen LogP contribution in [0.25, 0.3) is 16.7 Å². The molecule has 0 amide bonds. The van der Waals surface area contributed by atoms with Crippen LogP contribution in [0.4, 0.5) is 10.3 Å². The number of nitrogens with one attached hydrogen (secondary N) is 1. The Morgan fingerprint density at radius 3 is 2.80 bits per heavy atom. The van der Waals surface area contributed by atoms with Crippen molar-refractivity contribution >= 4 is 32.9 Å². The summed E-state index contributed by atoms with van der Waals surface area (Å²) in [5, 5.41) is 4.64. The van der Waals surface area contributed by atoms with Crippen LogP contribution in [0.5, 0.6) is 0 Å². The maximum absolute atomic E-state index is 14.4. The zero-order valence-corrected chi connectivity index (χ0v) is 15.0. The Labute approximate surface area is 150 Å². The van der Waals surface area contributed by atoms with Crippen molar-refractivity contribution in [3.05, 3.63) is 44.5 Å². The van der Waals surface area contributed by atoms with Gasteiger partial charge in [-0.1, -0.05) is 15.9 Å². The number of ether oxygens (including phenoxy) is 1. The van der Waals surface area contributed by atoms with Crippen LogP contribution in [0.3, 0.4) is 0 Å². The molecule has 0 saturated carbocycles. The number of aryl methyl sites for hydroxylation is 1. The smallest absolute Gasteiger partial charge is 0.263 e. The minimum Gasteiger partial charge on any atom is -0.378 e. The predicted molar refractivity (Wildman–Crippen MR) is 94.9 cm³/mol. The quantitative estimate of drug-likeness (QED) is 0.704. The first-order valence-electron chi connectivity index (χ1n) is 7.81. The van der Waals surface area contributed by atoms with Gasteiger partial charge >= 0.3 is 0 Å². The second-order valence-electron chi connectivity index (χ2n) is 5.85. The highest BCUT2D eigenvalue weighted by atomic mass is 79.9. The lowest BCUT2D eigenvalue weighted by atomic mass is 10.2. The second kappa shape index (κ2) is 6.23. The maximum Gasteiger partial charge on any atom is 0.263 e. The number of anilines is 1. The summed E-state index contributed by atoms with van der Waals surface area (Å²) in [7, 11) is 0. The Morgan fingerprint density at radius 2 is 2.08 bits per heavy atom. The molecule has 9 heteroatoms. The molecular formula is C16H15BrFN5O2. The molecule has 4 rings (SSSR count). The summed E-state index contributed by atoms with van der Waals surface area (Å²) in [4.78, 5) is 21.5. The van der Waals surface area contributed by atoms with E-state index in [2.05, 4.69) is 31.0 Å². The number of halogens is 2. The summed E-state index contributed by atoms with van der Waals surface area (Å²) in [6.07, 6.45) is 1.50. The van der Waals surface area contributed by atoms with Crippen LogP contribution in [0.1, 0.15) is 5.56 Å². The van der Waals surface area contributed by atoms with Crippen LogP contribution in [0.2, 0.25) is 0 Å². The Balaban J connectivity index is 1.83. The van der Waals surface area contributed by atoms with Gasteiger partial charge in [0.2, 0.25) is 5.95 Å². The molecule has 1 aliphatic rings. The molecule has 130 valence electrons. The lowest BCUT2D eigenvalue weighted by Gasteiger charge is -2.26. The largest absolute Gasteiger partial charge is 0.378 e. The van der Waals surface area contributed by atoms with Crippen LogP contribution >= 0.6 is 15.9 Å². The fraction of sp³-hybridized carbons (Fsp3) is 0.312. The average molecular weight is 408 g/mol. The lowest BCUT2D eigenvalue weighted by molar-refractivity contribution is 0.122. The molecule has 0 atom stereocenters. The first-order chi connectivity index (χ1) is 12.0. The number of hydrogen-bond acceptors (Lipinski definition) is 5. The summed E-state index contributed by atoms with van der Waals surface area (Å²) >= 11 is 3.27. The molecule has 2 aromatic heterocycles. The SMILES string of the molecule is Cc1cc(Br)cc(F)c1-n1cc2c(=O)[nH]c(N3CCOCC3)nc2n1. The fourth-order valence-corrected chi connectivity index (χ4v) is 3.47. The number of aromatic nitrogens is 4. The highest BCUT2D eigenvalue weighted by Gasteiger charge is 2.18. The van der Waals surface area contributed by atoms with Gasteiger partial charge in [0.15, 0.2) is 5.65 Å². The van der Waals surface area contributed by atoms with Crippen molar-refractivity contribution in [2.75, 3.05) is 31.2 Å². The number of aromatic amines is 1. The Hall–Kier alpha value is -2.26. The van der Waals surface area contributed by atoms with Gasteiger partial charge in [-0.05, 0) is 24.6 Å². The summed E-state index contributed by atoms with van der Waals surface area (Å²) in [6.45, 7) is 4.25. The molecule has 3 aromatic rings. The van der Waals surface area contributed by atoms with Crippen LogP contribution in [-0.2, 0) is 4.74 Å². The van der Waals surface area contributed by atoms with E-state index in [0.29, 0.717) is 53.4 Å². The fourth-order valence-electron chi connectivity index (χ4n) is 2.93. The standard InChI is InChI=1S/C16H15BrFN5O2/c1-9-6-10(17)7-12(18)13(9)23-8-11-14(21-23)19-16(20-15(11)24)22-2-4-25-5-3-22/h6-8H,2-5H2,1H3,(H,19,20,21,24). The molecule has 25 heavy (non-hydrogen) atoms. The first-order valence-corrected chi connectivity index (χ1v) is 8.60. The van der Waals surface area contributed by atoms with E-state index in [1.54, 1.807) is 13.0 Å². The molecular weight excluding hydrogens is 393 g/mol. The van der Waals surface area contributed by atoms with Crippen molar-refractivity contribution in [3.63, 3.8) is 0 Å². The third kappa shape index (κ3) is 2.93. The molecule has 0 spiro atoms. The number of benzene rings is 1. The van der Waals surface area contributed by atoms with E-state index in [9.17, 15) is 9.18 Å². The molecule has 0 aliphatic carbocycles. The van der Waals surface area contributed by atoms with Crippen molar-refractivity contribution in [1.82, 2.24) is 19.7 Å². The number of fused-ring (bicyclic) bond motifs is 1. The van der Waals surface area contributed by atoms with Crippen molar-refractivity contribution < 1.29 is 9.13 Å². The normalized spacial score (nSPS) is 15.1. The van der Waals surface area contributed by atoms with E-state index in [0.717, 1.165) is 0 Å². The van der Waals surface area contributed by atoms with Crippen molar-refractivity contribution in [3.8, 4) is 5.69 Å². The minimum atomic E-state index is -0.426. The lowest BCUT2D eigenvalue weighted by Crippen LogP contribution is -2.38. The summed E-state index contributed by atoms with van der Waals surface area (Å²) in [5.74, 6) is 0.0311. The van der Waals surface area contributed by atoms with Gasteiger partial charge < -0.3 is 9.64 Å². The third-order valence-corrected chi connectivity index (χ3v) is 4.59. The second-order valence-corrected chi connectivity index (χ2v) is 6.77. The highest BCUT2D eigenvalue weighted by Crippen LogP contribution is 2.24. The Kier molecular flexibility index (Phi) is 4.04. The van der Waals surface area contributed by atoms with E-state index in [1.807, 2.05) is 4.90 Å². The van der Waals surface area contributed by atoms with Gasteiger partial charge in [-0.3, -0.25) is 9.78 Å². The van der Waals surface area contributed by atoms with Gasteiger partial charge in [-0.15, -0.1) is 5.10 Å². The van der Waals surface area contributed by atoms with Crippen LogP contribution in [0, 0.1) is 12.7 Å². The molecule has 1 aliphatic heterocycles. The third-order valence-electron chi connectivity index (χ3n) is 4.13. The minimum absolute atomic E-state index is 0.284. The van der Waals surface area contributed by atoms with E-state index >= 15 is 0 Å². The molecule has 0 unspecified atom stereocenters.